The number of carbonyl (C=O) groups excluding carboxylic acids is 1. The molecule has 0 radical (unpaired) electrons. The zero-order chi connectivity index (χ0) is 12.7. The van der Waals surface area contributed by atoms with E-state index in [0.29, 0.717) is 11.7 Å². The van der Waals surface area contributed by atoms with Crippen molar-refractivity contribution in [3.8, 4) is 0 Å². The summed E-state index contributed by atoms with van der Waals surface area (Å²) in [4.78, 5) is 12.5. The summed E-state index contributed by atoms with van der Waals surface area (Å²) in [6.45, 7) is 8.98. The first-order chi connectivity index (χ1) is 7.95. The van der Waals surface area contributed by atoms with Crippen LogP contribution in [-0.2, 0) is 4.79 Å². The molecule has 0 heterocycles. The van der Waals surface area contributed by atoms with E-state index in [0.717, 1.165) is 12.8 Å². The van der Waals surface area contributed by atoms with E-state index in [1.807, 2.05) is 0 Å². The largest absolute Gasteiger partial charge is 0.294 e. The predicted molar refractivity (Wildman–Crippen MR) is 71.8 cm³/mol. The van der Waals surface area contributed by atoms with Crippen molar-refractivity contribution in [3.63, 3.8) is 0 Å². The highest BCUT2D eigenvalue weighted by Gasteiger charge is 2.63. The van der Waals surface area contributed by atoms with Crippen LogP contribution in [-0.4, -0.2) is 5.78 Å². The SMILES string of the molecule is CCCCC/C=C1\C(=O)[C@]2(C)CC[C@@H]1C2(C)C. The molecule has 2 saturated carbocycles. The Morgan fingerprint density at radius 3 is 2.53 bits per heavy atom. The van der Waals surface area contributed by atoms with Crippen LogP contribution in [0.5, 0.6) is 0 Å². The van der Waals surface area contributed by atoms with Crippen LogP contribution in [0.1, 0.15) is 66.2 Å². The van der Waals surface area contributed by atoms with Crippen LogP contribution in [0.25, 0.3) is 0 Å². The lowest BCUT2D eigenvalue weighted by Crippen LogP contribution is -2.32. The molecule has 0 amide bonds. The highest BCUT2D eigenvalue weighted by molar-refractivity contribution is 6.04. The molecule has 2 atom stereocenters. The summed E-state index contributed by atoms with van der Waals surface area (Å²) in [7, 11) is 0. The number of hydrogen-bond donors (Lipinski definition) is 0. The first kappa shape index (κ1) is 12.9. The molecule has 0 saturated heterocycles. The van der Waals surface area contributed by atoms with E-state index in [1.54, 1.807) is 0 Å². The number of allylic oxidation sites excluding steroid dienone is 2. The predicted octanol–water partition coefficient (Wildman–Crippen LogP) is 4.52. The first-order valence-electron chi connectivity index (χ1n) is 7.20. The van der Waals surface area contributed by atoms with Crippen molar-refractivity contribution >= 4 is 5.78 Å². The zero-order valence-corrected chi connectivity index (χ0v) is 11.8. The van der Waals surface area contributed by atoms with Gasteiger partial charge in [0.1, 0.15) is 0 Å². The Balaban J connectivity index is 2.14. The van der Waals surface area contributed by atoms with Gasteiger partial charge in [0.15, 0.2) is 5.78 Å². The number of carbonyl (C=O) groups is 1. The molecule has 0 aromatic carbocycles. The third-order valence-electron chi connectivity index (χ3n) is 5.54. The van der Waals surface area contributed by atoms with Crippen molar-refractivity contribution in [2.24, 2.45) is 16.7 Å². The summed E-state index contributed by atoms with van der Waals surface area (Å²) in [6.07, 6.45) is 9.43. The monoisotopic (exact) mass is 234 g/mol. The second-order valence-electron chi connectivity index (χ2n) is 6.63. The first-order valence-corrected chi connectivity index (χ1v) is 7.20. The highest BCUT2D eigenvalue weighted by Crippen LogP contribution is 2.65. The lowest BCUT2D eigenvalue weighted by Gasteiger charge is -2.31. The number of ketones is 1. The number of fused-ring (bicyclic) bond motifs is 2. The molecular weight excluding hydrogens is 208 g/mol. The molecule has 1 heteroatoms. The molecule has 2 aliphatic carbocycles. The average Bonchev–Trinajstić information content (AvgIpc) is 2.58. The second kappa shape index (κ2) is 4.26. The van der Waals surface area contributed by atoms with Gasteiger partial charge in [-0.05, 0) is 42.6 Å². The molecule has 2 bridgehead atoms. The van der Waals surface area contributed by atoms with Crippen LogP contribution in [0.2, 0.25) is 0 Å². The minimum atomic E-state index is -0.0751. The summed E-state index contributed by atoms with van der Waals surface area (Å²) in [5, 5.41) is 0. The lowest BCUT2D eigenvalue weighted by molar-refractivity contribution is -0.125. The van der Waals surface area contributed by atoms with Crippen LogP contribution in [0.4, 0.5) is 0 Å². The summed E-state index contributed by atoms with van der Waals surface area (Å²) < 4.78 is 0. The Bertz CT molecular complexity index is 351. The summed E-state index contributed by atoms with van der Waals surface area (Å²) in [5.41, 5.74) is 1.27. The van der Waals surface area contributed by atoms with E-state index < -0.39 is 0 Å². The Morgan fingerprint density at radius 2 is 2.00 bits per heavy atom. The minimum Gasteiger partial charge on any atom is -0.294 e. The lowest BCUT2D eigenvalue weighted by atomic mass is 9.70. The minimum absolute atomic E-state index is 0.0751. The van der Waals surface area contributed by atoms with E-state index in [2.05, 4.69) is 33.8 Å². The van der Waals surface area contributed by atoms with E-state index in [9.17, 15) is 4.79 Å². The van der Waals surface area contributed by atoms with E-state index >= 15 is 0 Å². The molecule has 2 aliphatic rings. The molecule has 0 unspecified atom stereocenters. The Kier molecular flexibility index (Phi) is 3.22. The highest BCUT2D eigenvalue weighted by atomic mass is 16.1. The van der Waals surface area contributed by atoms with Crippen LogP contribution in [0, 0.1) is 16.7 Å². The van der Waals surface area contributed by atoms with Gasteiger partial charge in [0, 0.05) is 5.41 Å². The number of hydrogen-bond acceptors (Lipinski definition) is 1. The van der Waals surface area contributed by atoms with Gasteiger partial charge in [-0.1, -0.05) is 46.6 Å². The van der Waals surface area contributed by atoms with Crippen molar-refractivity contribution in [1.82, 2.24) is 0 Å². The quantitative estimate of drug-likeness (QED) is 0.516. The molecule has 17 heavy (non-hydrogen) atoms. The maximum atomic E-state index is 12.5. The van der Waals surface area contributed by atoms with Crippen molar-refractivity contribution < 1.29 is 4.79 Å². The Labute approximate surface area is 106 Å². The summed E-state index contributed by atoms with van der Waals surface area (Å²) in [6, 6.07) is 0. The second-order valence-corrected chi connectivity index (χ2v) is 6.63. The fraction of sp³-hybridized carbons (Fsp3) is 0.812. The smallest absolute Gasteiger partial charge is 0.165 e. The molecule has 0 aromatic rings. The fourth-order valence-electron chi connectivity index (χ4n) is 3.81. The van der Waals surface area contributed by atoms with Gasteiger partial charge in [-0.2, -0.15) is 0 Å². The molecule has 0 aromatic heterocycles. The number of rotatable bonds is 4. The van der Waals surface area contributed by atoms with Gasteiger partial charge in [-0.25, -0.2) is 0 Å². The van der Waals surface area contributed by atoms with Gasteiger partial charge < -0.3 is 0 Å². The van der Waals surface area contributed by atoms with Gasteiger partial charge in [0.05, 0.1) is 0 Å². The van der Waals surface area contributed by atoms with Gasteiger partial charge in [-0.3, -0.25) is 4.79 Å². The average molecular weight is 234 g/mol. The van der Waals surface area contributed by atoms with Crippen LogP contribution >= 0.6 is 0 Å². The molecule has 0 N–H and O–H groups in total. The van der Waals surface area contributed by atoms with Gasteiger partial charge >= 0.3 is 0 Å². The van der Waals surface area contributed by atoms with E-state index in [1.165, 1.54) is 31.3 Å². The van der Waals surface area contributed by atoms with Gasteiger partial charge in [0.2, 0.25) is 0 Å². The number of Topliss-reactive ketones (excluding diaryl/α,β-unsaturated/α-hetero) is 1. The third-order valence-corrected chi connectivity index (χ3v) is 5.54. The topological polar surface area (TPSA) is 17.1 Å². The van der Waals surface area contributed by atoms with Crippen molar-refractivity contribution in [3.05, 3.63) is 11.6 Å². The van der Waals surface area contributed by atoms with E-state index in [-0.39, 0.29) is 10.8 Å². The van der Waals surface area contributed by atoms with Crippen LogP contribution in [0.15, 0.2) is 11.6 Å². The van der Waals surface area contributed by atoms with Crippen LogP contribution < -0.4 is 0 Å². The molecule has 2 fully saturated rings. The fourth-order valence-corrected chi connectivity index (χ4v) is 3.81. The maximum absolute atomic E-state index is 12.5. The molecule has 0 spiro atoms. The third kappa shape index (κ3) is 1.70. The van der Waals surface area contributed by atoms with Gasteiger partial charge in [0.25, 0.3) is 0 Å². The molecule has 96 valence electrons. The van der Waals surface area contributed by atoms with Gasteiger partial charge in [-0.15, -0.1) is 0 Å². The van der Waals surface area contributed by atoms with Crippen molar-refractivity contribution in [2.75, 3.05) is 0 Å². The number of unbranched alkanes of at least 4 members (excludes halogenated alkanes) is 3. The molecular formula is C16H26O. The Morgan fingerprint density at radius 1 is 1.29 bits per heavy atom. The van der Waals surface area contributed by atoms with Crippen molar-refractivity contribution in [1.29, 1.82) is 0 Å². The summed E-state index contributed by atoms with van der Waals surface area (Å²) in [5.74, 6) is 0.983. The molecule has 1 nitrogen and oxygen atoms in total. The van der Waals surface area contributed by atoms with Crippen molar-refractivity contribution in [2.45, 2.75) is 66.2 Å². The summed E-state index contributed by atoms with van der Waals surface area (Å²) >= 11 is 0. The normalized spacial score (nSPS) is 37.1. The molecule has 0 aliphatic heterocycles. The Hall–Kier alpha value is -0.590. The standard InChI is InChI=1S/C16H26O/c1-5-6-7-8-9-12-13-10-11-16(4,14(12)17)15(13,2)3/h9,13H,5-8,10-11H2,1-4H3/b12-9-/t13-,16-/m0/s1. The molecule has 2 rings (SSSR count). The zero-order valence-electron chi connectivity index (χ0n) is 11.8. The van der Waals surface area contributed by atoms with Crippen LogP contribution in [0.3, 0.4) is 0 Å². The maximum Gasteiger partial charge on any atom is 0.165 e. The van der Waals surface area contributed by atoms with E-state index in [4.69, 9.17) is 0 Å².